The molecule has 0 unspecified atom stereocenters. The Morgan fingerprint density at radius 3 is 2.35 bits per heavy atom. The first kappa shape index (κ1) is 12.8. The van der Waals surface area contributed by atoms with Gasteiger partial charge in [0.2, 0.25) is 0 Å². The van der Waals surface area contributed by atoms with Crippen LogP contribution >= 0.6 is 0 Å². The Labute approximate surface area is 116 Å². The fourth-order valence-corrected chi connectivity index (χ4v) is 2.67. The molecule has 0 radical (unpaired) electrons. The number of imidazole rings is 1. The summed E-state index contributed by atoms with van der Waals surface area (Å²) in [7, 11) is 0. The van der Waals surface area contributed by atoms with E-state index in [2.05, 4.69) is 23.8 Å². The zero-order valence-electron chi connectivity index (χ0n) is 11.8. The van der Waals surface area contributed by atoms with E-state index in [1.54, 1.807) is 12.5 Å². The van der Waals surface area contributed by atoms with E-state index in [1.165, 1.54) is 0 Å². The highest BCUT2D eigenvalue weighted by atomic mass is 16.1. The molecule has 0 aliphatic heterocycles. The summed E-state index contributed by atoms with van der Waals surface area (Å²) in [5.41, 5.74) is 2.90. The van der Waals surface area contributed by atoms with E-state index in [0.29, 0.717) is 0 Å². The smallest absolute Gasteiger partial charge is 0.292 e. The number of nitrogens with zero attached hydrogens (tertiary/aromatic N) is 4. The first-order valence-electron chi connectivity index (χ1n) is 7.09. The Balaban J connectivity index is 2.39. The van der Waals surface area contributed by atoms with Crippen LogP contribution in [0.3, 0.4) is 0 Å². The van der Waals surface area contributed by atoms with Gasteiger partial charge in [0, 0.05) is 24.7 Å². The topological polar surface area (TPSA) is 52.7 Å². The van der Waals surface area contributed by atoms with Crippen molar-refractivity contribution in [2.75, 3.05) is 0 Å². The zero-order valence-corrected chi connectivity index (χ0v) is 11.8. The molecule has 0 fully saturated rings. The first-order chi connectivity index (χ1) is 9.76. The highest BCUT2D eigenvalue weighted by molar-refractivity contribution is 5.93. The van der Waals surface area contributed by atoms with E-state index >= 15 is 0 Å². The maximum absolute atomic E-state index is 12.5. The van der Waals surface area contributed by atoms with Crippen LogP contribution in [0, 0.1) is 0 Å². The lowest BCUT2D eigenvalue weighted by atomic mass is 10.2. The summed E-state index contributed by atoms with van der Waals surface area (Å²) in [5, 5.41) is 0.971. The molecule has 3 aromatic rings. The minimum absolute atomic E-state index is 0.0759. The number of rotatable bonds is 4. The highest BCUT2D eigenvalue weighted by Crippen LogP contribution is 2.20. The van der Waals surface area contributed by atoms with Gasteiger partial charge >= 0.3 is 5.69 Å². The molecule has 0 atom stereocenters. The Morgan fingerprint density at radius 1 is 1.05 bits per heavy atom. The van der Waals surface area contributed by atoms with E-state index in [-0.39, 0.29) is 5.69 Å². The summed E-state index contributed by atoms with van der Waals surface area (Å²) in [4.78, 5) is 20.9. The van der Waals surface area contributed by atoms with Crippen LogP contribution in [-0.4, -0.2) is 19.1 Å². The lowest BCUT2D eigenvalue weighted by Crippen LogP contribution is -2.24. The Morgan fingerprint density at radius 2 is 1.70 bits per heavy atom. The van der Waals surface area contributed by atoms with E-state index in [4.69, 9.17) is 0 Å². The fourth-order valence-electron chi connectivity index (χ4n) is 2.67. The predicted molar refractivity (Wildman–Crippen MR) is 79.9 cm³/mol. The van der Waals surface area contributed by atoms with E-state index in [9.17, 15) is 4.79 Å². The van der Waals surface area contributed by atoms with Gasteiger partial charge in [-0.25, -0.2) is 14.8 Å². The van der Waals surface area contributed by atoms with Gasteiger partial charge in [-0.2, -0.15) is 0 Å². The summed E-state index contributed by atoms with van der Waals surface area (Å²) in [6.07, 6.45) is 5.21. The molecule has 0 N–H and O–H groups in total. The van der Waals surface area contributed by atoms with Gasteiger partial charge in [0.25, 0.3) is 0 Å². The molecule has 0 aliphatic rings. The van der Waals surface area contributed by atoms with Crippen molar-refractivity contribution in [3.8, 4) is 0 Å². The lowest BCUT2D eigenvalue weighted by Gasteiger charge is -2.02. The van der Waals surface area contributed by atoms with E-state index in [1.807, 2.05) is 21.3 Å². The summed E-state index contributed by atoms with van der Waals surface area (Å²) >= 11 is 0. The minimum atomic E-state index is 0.0759. The molecule has 2 aromatic heterocycles. The molecule has 3 rings (SSSR count). The molecule has 20 heavy (non-hydrogen) atoms. The Hall–Kier alpha value is -2.17. The molecular weight excluding hydrogens is 252 g/mol. The van der Waals surface area contributed by atoms with Gasteiger partial charge in [0.1, 0.15) is 6.33 Å². The molecule has 5 heteroatoms. The third-order valence-electron chi connectivity index (χ3n) is 3.54. The summed E-state index contributed by atoms with van der Waals surface area (Å²) in [6, 6.07) is 4.02. The molecule has 104 valence electrons. The van der Waals surface area contributed by atoms with Crippen LogP contribution < -0.4 is 5.69 Å². The van der Waals surface area contributed by atoms with Gasteiger partial charge in [0.05, 0.1) is 16.6 Å². The van der Waals surface area contributed by atoms with Crippen molar-refractivity contribution >= 4 is 21.9 Å². The van der Waals surface area contributed by atoms with Crippen molar-refractivity contribution in [1.82, 2.24) is 19.1 Å². The number of aryl methyl sites for hydroxylation is 2. The van der Waals surface area contributed by atoms with Crippen LogP contribution in [0.1, 0.15) is 26.7 Å². The molecule has 0 saturated heterocycles. The van der Waals surface area contributed by atoms with Crippen molar-refractivity contribution < 1.29 is 0 Å². The molecule has 0 saturated carbocycles. The molecular formula is C15H18N4O. The number of hydrogen-bond acceptors (Lipinski definition) is 3. The fraction of sp³-hybridized carbons (Fsp3) is 0.400. The summed E-state index contributed by atoms with van der Waals surface area (Å²) < 4.78 is 3.71. The normalized spacial score (nSPS) is 11.5. The quantitative estimate of drug-likeness (QED) is 0.732. The Bertz CT molecular complexity index is 750. The van der Waals surface area contributed by atoms with Crippen LogP contribution in [0.4, 0.5) is 0 Å². The van der Waals surface area contributed by atoms with Crippen molar-refractivity contribution in [2.45, 2.75) is 39.8 Å². The van der Waals surface area contributed by atoms with E-state index < -0.39 is 0 Å². The minimum Gasteiger partial charge on any atom is -0.292 e. The van der Waals surface area contributed by atoms with Gasteiger partial charge in [0.15, 0.2) is 0 Å². The maximum Gasteiger partial charge on any atom is 0.329 e. The summed E-state index contributed by atoms with van der Waals surface area (Å²) in [6.45, 7) is 5.64. The molecule has 0 aliphatic carbocycles. The monoisotopic (exact) mass is 270 g/mol. The number of fused-ring (bicyclic) bond motifs is 2. The van der Waals surface area contributed by atoms with Gasteiger partial charge in [-0.1, -0.05) is 13.8 Å². The molecule has 1 aromatic carbocycles. The SMILES string of the molecule is CCCn1c(=O)n(CCC)c2cc3ncncc3cc21. The lowest BCUT2D eigenvalue weighted by molar-refractivity contribution is 0.607. The van der Waals surface area contributed by atoms with Gasteiger partial charge in [-0.15, -0.1) is 0 Å². The molecule has 0 spiro atoms. The second-order valence-electron chi connectivity index (χ2n) is 5.01. The maximum atomic E-state index is 12.5. The second-order valence-corrected chi connectivity index (χ2v) is 5.01. The standard InChI is InChI=1S/C15H18N4O/c1-3-5-18-13-7-11-9-16-10-17-12(11)8-14(13)19(6-4-2)15(18)20/h7-10H,3-6H2,1-2H3. The molecule has 2 heterocycles. The van der Waals surface area contributed by atoms with Gasteiger partial charge in [-0.3, -0.25) is 9.13 Å². The van der Waals surface area contributed by atoms with Crippen molar-refractivity contribution in [1.29, 1.82) is 0 Å². The first-order valence-corrected chi connectivity index (χ1v) is 7.09. The van der Waals surface area contributed by atoms with E-state index in [0.717, 1.165) is 47.9 Å². The molecule has 5 nitrogen and oxygen atoms in total. The predicted octanol–water partition coefficient (Wildman–Crippen LogP) is 2.57. The van der Waals surface area contributed by atoms with Gasteiger partial charge in [-0.05, 0) is 25.0 Å². The highest BCUT2D eigenvalue weighted by Gasteiger charge is 2.13. The van der Waals surface area contributed by atoms with Crippen LogP contribution in [0.25, 0.3) is 21.9 Å². The van der Waals surface area contributed by atoms with Crippen molar-refractivity contribution in [2.24, 2.45) is 0 Å². The average Bonchev–Trinajstić information content (AvgIpc) is 2.71. The summed E-state index contributed by atoms with van der Waals surface area (Å²) in [5.74, 6) is 0. The van der Waals surface area contributed by atoms with Gasteiger partial charge < -0.3 is 0 Å². The number of hydrogen-bond donors (Lipinski definition) is 0. The molecule has 0 bridgehead atoms. The third-order valence-corrected chi connectivity index (χ3v) is 3.54. The average molecular weight is 270 g/mol. The van der Waals surface area contributed by atoms with Crippen molar-refractivity contribution in [3.63, 3.8) is 0 Å². The second kappa shape index (κ2) is 5.07. The zero-order chi connectivity index (χ0) is 14.1. The van der Waals surface area contributed by atoms with Crippen LogP contribution in [-0.2, 0) is 13.1 Å². The number of benzene rings is 1. The van der Waals surface area contributed by atoms with Crippen LogP contribution in [0.2, 0.25) is 0 Å². The number of aromatic nitrogens is 4. The molecule has 0 amide bonds. The van der Waals surface area contributed by atoms with Crippen LogP contribution in [0.15, 0.2) is 29.5 Å². The van der Waals surface area contributed by atoms with Crippen molar-refractivity contribution in [3.05, 3.63) is 35.1 Å². The Kier molecular flexibility index (Phi) is 3.26. The largest absolute Gasteiger partial charge is 0.329 e. The third kappa shape index (κ3) is 1.90. The van der Waals surface area contributed by atoms with Crippen LogP contribution in [0.5, 0.6) is 0 Å².